The van der Waals surface area contributed by atoms with Crippen LogP contribution in [0.1, 0.15) is 58.6 Å². The number of nitrogen functional groups attached to an aromatic ring is 1. The number of anilines is 2. The number of pyridine rings is 1. The van der Waals surface area contributed by atoms with E-state index in [-0.39, 0.29) is 12.3 Å². The summed E-state index contributed by atoms with van der Waals surface area (Å²) < 4.78 is 7.53. The number of carbonyl (C=O) groups excluding carboxylic acids is 2. The summed E-state index contributed by atoms with van der Waals surface area (Å²) in [4.78, 5) is 31.5. The Kier molecular flexibility index (Phi) is 5.90. The molecule has 2 saturated heterocycles. The zero-order valence-corrected chi connectivity index (χ0v) is 17.6. The third-order valence-corrected chi connectivity index (χ3v) is 6.31. The van der Waals surface area contributed by atoms with E-state index in [4.69, 9.17) is 10.5 Å². The van der Waals surface area contributed by atoms with E-state index >= 15 is 0 Å². The van der Waals surface area contributed by atoms with Gasteiger partial charge in [-0.05, 0) is 44.9 Å². The van der Waals surface area contributed by atoms with Gasteiger partial charge in [-0.2, -0.15) is 5.10 Å². The summed E-state index contributed by atoms with van der Waals surface area (Å²) in [7, 11) is 0. The van der Waals surface area contributed by atoms with Gasteiger partial charge in [0.2, 0.25) is 0 Å². The van der Waals surface area contributed by atoms with Gasteiger partial charge in [-0.25, -0.2) is 9.67 Å². The van der Waals surface area contributed by atoms with E-state index in [1.54, 1.807) is 15.8 Å². The van der Waals surface area contributed by atoms with Crippen LogP contribution in [0.4, 0.5) is 11.5 Å². The molecule has 0 saturated carbocycles. The second-order valence-electron chi connectivity index (χ2n) is 8.36. The average Bonchev–Trinajstić information content (AvgIpc) is 3.23. The Morgan fingerprint density at radius 1 is 1.30 bits per heavy atom. The molecule has 1 unspecified atom stereocenters. The Morgan fingerprint density at radius 2 is 2.13 bits per heavy atom. The zero-order valence-electron chi connectivity index (χ0n) is 17.6. The molecule has 0 aromatic carbocycles. The van der Waals surface area contributed by atoms with Crippen molar-refractivity contribution in [3.05, 3.63) is 12.4 Å². The lowest BCUT2D eigenvalue weighted by Gasteiger charge is -2.37. The van der Waals surface area contributed by atoms with Gasteiger partial charge in [-0.15, -0.1) is 0 Å². The van der Waals surface area contributed by atoms with Crippen molar-refractivity contribution in [1.82, 2.24) is 19.7 Å². The minimum atomic E-state index is -0.671. The maximum Gasteiger partial charge on any atom is 0.314 e. The fraction of sp³-hybridized carbons (Fsp3) is 0.619. The molecule has 3 atom stereocenters. The van der Waals surface area contributed by atoms with Crippen LogP contribution in [-0.2, 0) is 14.3 Å². The number of likely N-dealkylation sites (tertiary alicyclic amines) is 1. The van der Waals surface area contributed by atoms with E-state index in [9.17, 15) is 9.59 Å². The molecule has 2 aliphatic rings. The van der Waals surface area contributed by atoms with Gasteiger partial charge in [0.1, 0.15) is 17.6 Å². The van der Waals surface area contributed by atoms with Crippen LogP contribution in [0, 0.1) is 5.92 Å². The third-order valence-electron chi connectivity index (χ3n) is 6.31. The van der Waals surface area contributed by atoms with Crippen LogP contribution in [0.5, 0.6) is 0 Å². The number of ether oxygens (including phenoxy) is 1. The van der Waals surface area contributed by atoms with Gasteiger partial charge in [0.25, 0.3) is 0 Å². The van der Waals surface area contributed by atoms with Crippen LogP contribution in [0.15, 0.2) is 12.4 Å². The summed E-state index contributed by atoms with van der Waals surface area (Å²) in [6, 6.07) is 0.0540. The number of nitrogens with two attached hydrogens (primary N) is 1. The Hall–Kier alpha value is -2.68. The maximum atomic E-state index is 12.9. The van der Waals surface area contributed by atoms with E-state index < -0.39 is 11.8 Å². The highest BCUT2D eigenvalue weighted by Crippen LogP contribution is 2.30. The number of aromatic nitrogens is 3. The Balaban J connectivity index is 1.55. The van der Waals surface area contributed by atoms with Gasteiger partial charge in [-0.3, -0.25) is 9.59 Å². The van der Waals surface area contributed by atoms with Crippen molar-refractivity contribution in [2.75, 3.05) is 24.2 Å². The van der Waals surface area contributed by atoms with E-state index in [1.165, 1.54) is 6.20 Å². The second-order valence-corrected chi connectivity index (χ2v) is 8.36. The predicted molar refractivity (Wildman–Crippen MR) is 114 cm³/mol. The number of hydrogen-bond acceptors (Lipinski definition) is 6. The molecule has 9 nitrogen and oxygen atoms in total. The van der Waals surface area contributed by atoms with Gasteiger partial charge in [0.15, 0.2) is 0 Å². The normalized spacial score (nSPS) is 24.7. The number of carbonyl (C=O) groups is 2. The number of piperidine rings is 1. The Bertz CT molecular complexity index is 936. The molecule has 4 rings (SSSR count). The molecule has 2 aliphatic heterocycles. The summed E-state index contributed by atoms with van der Waals surface area (Å²) in [6.07, 6.45) is 9.07. The smallest absolute Gasteiger partial charge is 0.314 e. The number of rotatable bonds is 3. The van der Waals surface area contributed by atoms with Crippen molar-refractivity contribution >= 4 is 34.2 Å². The van der Waals surface area contributed by atoms with Crippen molar-refractivity contribution in [2.45, 2.75) is 64.6 Å². The molecule has 0 aliphatic carbocycles. The van der Waals surface area contributed by atoms with E-state index in [2.05, 4.69) is 22.3 Å². The number of nitrogens with one attached hydrogen (secondary N) is 1. The topological polar surface area (TPSA) is 115 Å². The number of nitrogens with zero attached hydrogens (tertiary/aromatic N) is 4. The lowest BCUT2D eigenvalue weighted by molar-refractivity contribution is -0.146. The average molecular weight is 415 g/mol. The third kappa shape index (κ3) is 3.98. The molecule has 162 valence electrons. The van der Waals surface area contributed by atoms with E-state index in [0.29, 0.717) is 41.5 Å². The predicted octanol–water partition coefficient (Wildman–Crippen LogP) is 2.69. The molecule has 30 heavy (non-hydrogen) atoms. The van der Waals surface area contributed by atoms with Crippen molar-refractivity contribution < 1.29 is 14.3 Å². The molecule has 0 bridgehead atoms. The summed E-state index contributed by atoms with van der Waals surface area (Å²) in [5, 5.41) is 7.94. The molecule has 2 aromatic heterocycles. The van der Waals surface area contributed by atoms with Crippen LogP contribution in [0.3, 0.4) is 0 Å². The Labute approximate surface area is 175 Å². The van der Waals surface area contributed by atoms with Gasteiger partial charge in [0, 0.05) is 25.4 Å². The van der Waals surface area contributed by atoms with Crippen LogP contribution >= 0.6 is 0 Å². The number of fused-ring (bicyclic) bond motifs is 1. The van der Waals surface area contributed by atoms with Crippen LogP contribution in [0.25, 0.3) is 10.9 Å². The molecule has 2 aromatic rings. The molecule has 0 spiro atoms. The molecular formula is C21H30N6O3. The summed E-state index contributed by atoms with van der Waals surface area (Å²) in [6.45, 7) is 5.42. The van der Waals surface area contributed by atoms with Crippen molar-refractivity contribution in [2.24, 2.45) is 5.92 Å². The van der Waals surface area contributed by atoms with Crippen LogP contribution in [0.2, 0.25) is 0 Å². The first kappa shape index (κ1) is 20.6. The lowest BCUT2D eigenvalue weighted by Crippen LogP contribution is -2.49. The van der Waals surface area contributed by atoms with Crippen molar-refractivity contribution in [3.63, 3.8) is 0 Å². The van der Waals surface area contributed by atoms with Gasteiger partial charge in [-0.1, -0.05) is 13.3 Å². The molecule has 2 fully saturated rings. The highest BCUT2D eigenvalue weighted by molar-refractivity contribution is 6.40. The quantitative estimate of drug-likeness (QED) is 0.746. The number of hydrogen-bond donors (Lipinski definition) is 2. The molecule has 2 amide bonds. The van der Waals surface area contributed by atoms with Crippen molar-refractivity contribution in [1.29, 1.82) is 0 Å². The largest absolute Gasteiger partial charge is 0.383 e. The fourth-order valence-electron chi connectivity index (χ4n) is 4.32. The minimum Gasteiger partial charge on any atom is -0.383 e. The summed E-state index contributed by atoms with van der Waals surface area (Å²) in [5.74, 6) is -0.420. The summed E-state index contributed by atoms with van der Waals surface area (Å²) in [5.41, 5.74) is 6.92. The monoisotopic (exact) mass is 414 g/mol. The summed E-state index contributed by atoms with van der Waals surface area (Å²) >= 11 is 0. The molecule has 4 heterocycles. The van der Waals surface area contributed by atoms with Crippen LogP contribution in [-0.4, -0.2) is 50.7 Å². The van der Waals surface area contributed by atoms with Gasteiger partial charge < -0.3 is 20.7 Å². The van der Waals surface area contributed by atoms with E-state index in [0.717, 1.165) is 38.5 Å². The standard InChI is InChI=1S/C21H30N6O3/c1-3-14-8-7-13(2)26(11-14)21(29)20(28)24-16-10-23-19(22)15-12-27(25-18(15)16)17-6-4-5-9-30-17/h10,12-14,17H,3-9,11H2,1-2H3,(H2,22,23)(H,24,28)/t13-,14+,17?/m0/s1. The minimum absolute atomic E-state index is 0.0540. The first-order valence-electron chi connectivity index (χ1n) is 10.8. The number of amides is 2. The molecular weight excluding hydrogens is 384 g/mol. The lowest BCUT2D eigenvalue weighted by atomic mass is 9.91. The highest BCUT2D eigenvalue weighted by atomic mass is 16.5. The van der Waals surface area contributed by atoms with Crippen LogP contribution < -0.4 is 11.1 Å². The molecule has 9 heteroatoms. The second kappa shape index (κ2) is 8.59. The first-order chi connectivity index (χ1) is 14.5. The van der Waals surface area contributed by atoms with Gasteiger partial charge >= 0.3 is 11.8 Å². The Morgan fingerprint density at radius 3 is 2.87 bits per heavy atom. The van der Waals surface area contributed by atoms with Crippen molar-refractivity contribution in [3.8, 4) is 0 Å². The zero-order chi connectivity index (χ0) is 21.3. The molecule has 0 radical (unpaired) electrons. The molecule has 3 N–H and O–H groups in total. The maximum absolute atomic E-state index is 12.9. The van der Waals surface area contributed by atoms with Gasteiger partial charge in [0.05, 0.1) is 17.3 Å². The SMILES string of the molecule is CC[C@@H]1CC[C@H](C)N(C(=O)C(=O)Nc2cnc(N)c3cn(C4CCCCO4)nc23)C1. The highest BCUT2D eigenvalue weighted by Gasteiger charge is 2.32. The first-order valence-corrected chi connectivity index (χ1v) is 10.8. The fourth-order valence-corrected chi connectivity index (χ4v) is 4.32. The van der Waals surface area contributed by atoms with E-state index in [1.807, 2.05) is 6.92 Å².